The zero-order valence-electron chi connectivity index (χ0n) is 8.30. The van der Waals surface area contributed by atoms with E-state index in [1.165, 1.54) is 18.2 Å². The van der Waals surface area contributed by atoms with E-state index in [-0.39, 0.29) is 5.70 Å². The zero-order valence-corrected chi connectivity index (χ0v) is 9.05. The van der Waals surface area contributed by atoms with Gasteiger partial charge in [0.1, 0.15) is 0 Å². The van der Waals surface area contributed by atoms with Crippen LogP contribution in [0.2, 0.25) is 0 Å². The summed E-state index contributed by atoms with van der Waals surface area (Å²) in [4.78, 5) is 21.8. The number of carbonyl (C=O) groups is 1. The van der Waals surface area contributed by atoms with Crippen molar-refractivity contribution in [2.24, 2.45) is 11.7 Å². The highest BCUT2D eigenvalue weighted by atomic mass is 35.5. The topological polar surface area (TPSA) is 89.2 Å². The molecule has 0 spiro atoms. The molecule has 2 aliphatic rings. The van der Waals surface area contributed by atoms with Gasteiger partial charge in [0.2, 0.25) is 10.9 Å². The first-order chi connectivity index (χ1) is 7.45. The molecule has 1 amide bonds. The monoisotopic (exact) mass is 243 g/mol. The van der Waals surface area contributed by atoms with Gasteiger partial charge in [0.15, 0.2) is 0 Å². The lowest BCUT2D eigenvalue weighted by atomic mass is 9.97. The fourth-order valence-electron chi connectivity index (χ4n) is 1.67. The van der Waals surface area contributed by atoms with E-state index in [1.54, 1.807) is 4.90 Å². The Kier molecular flexibility index (Phi) is 2.47. The average Bonchev–Trinajstić information content (AvgIpc) is 3.00. The third-order valence-corrected chi connectivity index (χ3v) is 3.21. The number of nitrogens with zero attached hydrogens (tertiary/aromatic N) is 2. The highest BCUT2D eigenvalue weighted by molar-refractivity contribution is 6.27. The Hall–Kier alpha value is -1.40. The molecular formula is C9H10ClN3O3. The Bertz CT molecular complexity index is 416. The van der Waals surface area contributed by atoms with Crippen LogP contribution in [0.25, 0.3) is 0 Å². The van der Waals surface area contributed by atoms with Gasteiger partial charge in [-0.1, -0.05) is 17.7 Å². The van der Waals surface area contributed by atoms with Crippen molar-refractivity contribution in [2.45, 2.75) is 5.00 Å². The second kappa shape index (κ2) is 3.57. The van der Waals surface area contributed by atoms with Crippen molar-refractivity contribution in [2.75, 3.05) is 13.1 Å². The first-order valence-electron chi connectivity index (χ1n) is 4.74. The molecule has 2 rings (SSSR count). The summed E-state index contributed by atoms with van der Waals surface area (Å²) in [7, 11) is 0. The van der Waals surface area contributed by atoms with Crippen LogP contribution in [0.1, 0.15) is 0 Å². The standard InChI is InChI=1S/C9H10ClN3O3/c10-9(12-3-4-12)2-1-6(8(11)14)5-7(9)13(15)16/h1-2,5-6H,3-4H2,(H2,11,14). The van der Waals surface area contributed by atoms with Gasteiger partial charge in [-0.05, 0) is 6.08 Å². The zero-order chi connectivity index (χ0) is 11.9. The fraction of sp³-hybridized carbons (Fsp3) is 0.444. The number of alkyl halides is 1. The van der Waals surface area contributed by atoms with E-state index < -0.39 is 21.7 Å². The highest BCUT2D eigenvalue weighted by Gasteiger charge is 2.50. The molecule has 0 aromatic rings. The molecule has 1 aliphatic carbocycles. The number of halogens is 1. The normalized spacial score (nSPS) is 33.3. The van der Waals surface area contributed by atoms with Crippen LogP contribution in [-0.2, 0) is 4.79 Å². The van der Waals surface area contributed by atoms with E-state index in [1.807, 2.05) is 0 Å². The maximum Gasteiger partial charge on any atom is 0.282 e. The maximum absolute atomic E-state index is 11.0. The van der Waals surface area contributed by atoms with Crippen molar-refractivity contribution in [1.82, 2.24) is 4.90 Å². The summed E-state index contributed by atoms with van der Waals surface area (Å²) in [5.74, 6) is -1.38. The predicted octanol–water partition coefficient (Wildman–Crippen LogP) is 0.0690. The minimum absolute atomic E-state index is 0.196. The molecule has 86 valence electrons. The number of primary amides is 1. The molecule has 0 bridgehead atoms. The lowest BCUT2D eigenvalue weighted by Crippen LogP contribution is -2.39. The molecule has 2 atom stereocenters. The number of nitrogens with two attached hydrogens (primary N) is 1. The quantitative estimate of drug-likeness (QED) is 0.190. The van der Waals surface area contributed by atoms with Gasteiger partial charge in [-0.15, -0.1) is 0 Å². The summed E-state index contributed by atoms with van der Waals surface area (Å²) in [5.41, 5.74) is 4.90. The first kappa shape index (κ1) is 11.1. The van der Waals surface area contributed by atoms with Crippen molar-refractivity contribution >= 4 is 17.5 Å². The van der Waals surface area contributed by atoms with Crippen molar-refractivity contribution in [3.05, 3.63) is 34.0 Å². The van der Waals surface area contributed by atoms with Gasteiger partial charge in [0.05, 0.1) is 10.8 Å². The van der Waals surface area contributed by atoms with Crippen LogP contribution >= 0.6 is 11.6 Å². The van der Waals surface area contributed by atoms with Crippen LogP contribution < -0.4 is 5.73 Å². The fourth-order valence-corrected chi connectivity index (χ4v) is 2.04. The average molecular weight is 244 g/mol. The number of carbonyl (C=O) groups excluding carboxylic acids is 1. The summed E-state index contributed by atoms with van der Waals surface area (Å²) in [5, 5.41) is 10.9. The van der Waals surface area contributed by atoms with E-state index in [2.05, 4.69) is 0 Å². The first-order valence-corrected chi connectivity index (χ1v) is 5.12. The Morgan fingerprint density at radius 1 is 1.69 bits per heavy atom. The van der Waals surface area contributed by atoms with Gasteiger partial charge in [0.25, 0.3) is 5.70 Å². The second-order valence-electron chi connectivity index (χ2n) is 3.76. The van der Waals surface area contributed by atoms with Gasteiger partial charge in [-0.3, -0.25) is 19.8 Å². The minimum atomic E-state index is -1.23. The van der Waals surface area contributed by atoms with Crippen molar-refractivity contribution < 1.29 is 9.72 Å². The summed E-state index contributed by atoms with van der Waals surface area (Å²) in [6.45, 7) is 1.42. The molecule has 0 saturated carbocycles. The van der Waals surface area contributed by atoms with Crippen molar-refractivity contribution in [1.29, 1.82) is 0 Å². The molecule has 16 heavy (non-hydrogen) atoms. The van der Waals surface area contributed by atoms with E-state index in [0.717, 1.165) is 0 Å². The number of hydrogen-bond acceptors (Lipinski definition) is 4. The van der Waals surface area contributed by atoms with Crippen LogP contribution in [-0.4, -0.2) is 33.8 Å². The molecule has 1 heterocycles. The van der Waals surface area contributed by atoms with E-state index in [0.29, 0.717) is 13.1 Å². The van der Waals surface area contributed by atoms with Crippen LogP contribution in [0.5, 0.6) is 0 Å². The number of nitro groups is 1. The molecule has 1 fully saturated rings. The Balaban J connectivity index is 2.36. The second-order valence-corrected chi connectivity index (χ2v) is 4.33. The molecule has 0 aromatic heterocycles. The smallest absolute Gasteiger partial charge is 0.282 e. The summed E-state index contributed by atoms with van der Waals surface area (Å²) < 4.78 is 0. The highest BCUT2D eigenvalue weighted by Crippen LogP contribution is 2.39. The lowest BCUT2D eigenvalue weighted by Gasteiger charge is -2.25. The third-order valence-electron chi connectivity index (χ3n) is 2.65. The molecular weight excluding hydrogens is 234 g/mol. The van der Waals surface area contributed by atoms with E-state index in [4.69, 9.17) is 17.3 Å². The molecule has 0 radical (unpaired) electrons. The third kappa shape index (κ3) is 1.70. The lowest BCUT2D eigenvalue weighted by molar-refractivity contribution is -0.433. The van der Waals surface area contributed by atoms with Crippen LogP contribution in [0.4, 0.5) is 0 Å². The summed E-state index contributed by atoms with van der Waals surface area (Å²) >= 11 is 6.18. The Labute approximate surface area is 96.5 Å². The maximum atomic E-state index is 11.0. The Morgan fingerprint density at radius 2 is 2.31 bits per heavy atom. The predicted molar refractivity (Wildman–Crippen MR) is 57.1 cm³/mol. The van der Waals surface area contributed by atoms with Crippen LogP contribution in [0.15, 0.2) is 23.9 Å². The van der Waals surface area contributed by atoms with Crippen LogP contribution in [0.3, 0.4) is 0 Å². The summed E-state index contributed by atoms with van der Waals surface area (Å²) in [6, 6.07) is 0. The molecule has 1 saturated heterocycles. The molecule has 1 aliphatic heterocycles. The van der Waals surface area contributed by atoms with Gasteiger partial charge in [0, 0.05) is 19.2 Å². The van der Waals surface area contributed by atoms with Crippen molar-refractivity contribution in [3.8, 4) is 0 Å². The number of hydrogen-bond donors (Lipinski definition) is 1. The van der Waals surface area contributed by atoms with Crippen LogP contribution in [0, 0.1) is 16.0 Å². The van der Waals surface area contributed by atoms with Gasteiger partial charge in [-0.2, -0.15) is 0 Å². The van der Waals surface area contributed by atoms with Gasteiger partial charge in [-0.25, -0.2) is 0 Å². The molecule has 6 nitrogen and oxygen atoms in total. The van der Waals surface area contributed by atoms with Gasteiger partial charge >= 0.3 is 0 Å². The molecule has 7 heteroatoms. The van der Waals surface area contributed by atoms with Crippen molar-refractivity contribution in [3.63, 3.8) is 0 Å². The van der Waals surface area contributed by atoms with Gasteiger partial charge < -0.3 is 5.73 Å². The number of amides is 1. The molecule has 0 aromatic carbocycles. The number of rotatable bonds is 3. The molecule has 2 unspecified atom stereocenters. The van der Waals surface area contributed by atoms with E-state index in [9.17, 15) is 14.9 Å². The molecule has 2 N–H and O–H groups in total. The summed E-state index contributed by atoms with van der Waals surface area (Å²) in [6.07, 6.45) is 4.18. The van der Waals surface area contributed by atoms with E-state index >= 15 is 0 Å². The minimum Gasteiger partial charge on any atom is -0.369 e. The SMILES string of the molecule is NC(=O)C1C=CC(Cl)(N2CC2)C([N+](=O)[O-])=C1. The Morgan fingerprint density at radius 3 is 2.75 bits per heavy atom. The largest absolute Gasteiger partial charge is 0.369 e.